The van der Waals surface area contributed by atoms with Gasteiger partial charge in [0, 0.05) is 29.8 Å². The van der Waals surface area contributed by atoms with Crippen LogP contribution in [0.5, 0.6) is 17.2 Å². The summed E-state index contributed by atoms with van der Waals surface area (Å²) in [5, 5.41) is 16.4. The average Bonchev–Trinajstić information content (AvgIpc) is 3.40. The predicted octanol–water partition coefficient (Wildman–Crippen LogP) is 4.96. The third-order valence-corrected chi connectivity index (χ3v) is 6.26. The molecule has 0 saturated carbocycles. The number of carbonyl (C=O) groups is 1. The summed E-state index contributed by atoms with van der Waals surface area (Å²) in [4.78, 5) is 12.8. The van der Waals surface area contributed by atoms with Crippen molar-refractivity contribution in [3.63, 3.8) is 0 Å². The van der Waals surface area contributed by atoms with E-state index in [9.17, 15) is 9.90 Å². The molecule has 3 N–H and O–H groups in total. The molecule has 4 rings (SSSR count). The molecule has 2 unspecified atom stereocenters. The molecule has 0 radical (unpaired) electrons. The molecule has 0 aromatic heterocycles. The van der Waals surface area contributed by atoms with E-state index in [0.29, 0.717) is 17.0 Å². The molecule has 1 fully saturated rings. The maximum atomic E-state index is 12.8. The summed E-state index contributed by atoms with van der Waals surface area (Å²) in [7, 11) is 1.49. The molecule has 1 aliphatic heterocycles. The maximum Gasteiger partial charge on any atom is 0.248 e. The van der Waals surface area contributed by atoms with E-state index in [2.05, 4.69) is 17.6 Å². The van der Waals surface area contributed by atoms with Gasteiger partial charge in [0.25, 0.3) is 0 Å². The molecule has 0 aliphatic carbocycles. The highest BCUT2D eigenvalue weighted by Crippen LogP contribution is 2.41. The number of hydrogen-bond acceptors (Lipinski definition) is 5. The number of amides is 1. The molecule has 6 nitrogen and oxygen atoms in total. The number of aromatic hydroxyl groups is 1. The lowest BCUT2D eigenvalue weighted by molar-refractivity contribution is -0.111. The lowest BCUT2D eigenvalue weighted by Crippen LogP contribution is -2.40. The minimum Gasteiger partial charge on any atom is -0.504 e. The molecule has 34 heavy (non-hydrogen) atoms. The fourth-order valence-electron chi connectivity index (χ4n) is 4.40. The Bertz CT molecular complexity index is 1160. The largest absolute Gasteiger partial charge is 0.504 e. The fraction of sp³-hybridized carbons (Fsp3) is 0.250. The van der Waals surface area contributed by atoms with E-state index in [0.717, 1.165) is 30.8 Å². The number of para-hydroxylation sites is 2. The lowest BCUT2D eigenvalue weighted by atomic mass is 9.81. The van der Waals surface area contributed by atoms with Crippen LogP contribution in [0.1, 0.15) is 24.5 Å². The van der Waals surface area contributed by atoms with E-state index in [-0.39, 0.29) is 17.6 Å². The Labute approximate surface area is 200 Å². The van der Waals surface area contributed by atoms with Gasteiger partial charge in [-0.3, -0.25) is 4.79 Å². The van der Waals surface area contributed by atoms with Gasteiger partial charge in [0.1, 0.15) is 11.4 Å². The van der Waals surface area contributed by atoms with Crippen LogP contribution < -0.4 is 20.1 Å². The molecule has 2 atom stereocenters. The van der Waals surface area contributed by atoms with Crippen LogP contribution in [0.15, 0.2) is 78.9 Å². The Morgan fingerprint density at radius 2 is 1.88 bits per heavy atom. The van der Waals surface area contributed by atoms with Gasteiger partial charge in [0.2, 0.25) is 5.91 Å². The minimum atomic E-state index is -0.639. The molecule has 1 aliphatic rings. The Morgan fingerprint density at radius 3 is 2.59 bits per heavy atom. The molecular weight excluding hydrogens is 428 g/mol. The molecule has 176 valence electrons. The van der Waals surface area contributed by atoms with Gasteiger partial charge in [-0.25, -0.2) is 0 Å². The first-order valence-electron chi connectivity index (χ1n) is 11.4. The summed E-state index contributed by atoms with van der Waals surface area (Å²) in [6, 6.07) is 22.5. The Kier molecular flexibility index (Phi) is 7.18. The standard InChI is InChI=1S/C28H30N2O4/c1-28(21-16-17-29-19-21,34-22-8-4-3-5-9-22)23-10-6-7-11-24(23)30-27(32)15-13-20-12-14-26(33-2)25(31)18-20/h3-15,18,21,29,31H,16-17,19H2,1-2H3,(H,30,32)/b15-13+. The van der Waals surface area contributed by atoms with Crippen LogP contribution in [-0.4, -0.2) is 31.2 Å². The Morgan fingerprint density at radius 1 is 1.12 bits per heavy atom. The van der Waals surface area contributed by atoms with E-state index < -0.39 is 5.60 Å². The van der Waals surface area contributed by atoms with Gasteiger partial charge in [0.15, 0.2) is 11.5 Å². The molecule has 1 heterocycles. The molecule has 3 aromatic rings. The van der Waals surface area contributed by atoms with E-state index in [1.807, 2.05) is 54.6 Å². The van der Waals surface area contributed by atoms with Crippen molar-refractivity contribution in [2.45, 2.75) is 18.9 Å². The monoisotopic (exact) mass is 458 g/mol. The maximum absolute atomic E-state index is 12.8. The first-order chi connectivity index (χ1) is 16.5. The van der Waals surface area contributed by atoms with Gasteiger partial charge in [-0.2, -0.15) is 0 Å². The zero-order valence-corrected chi connectivity index (χ0v) is 19.5. The lowest BCUT2D eigenvalue weighted by Gasteiger charge is -2.37. The van der Waals surface area contributed by atoms with E-state index in [1.165, 1.54) is 13.2 Å². The second-order valence-electron chi connectivity index (χ2n) is 8.51. The second-order valence-corrected chi connectivity index (χ2v) is 8.51. The van der Waals surface area contributed by atoms with Gasteiger partial charge < -0.3 is 25.2 Å². The molecular formula is C28H30N2O4. The first kappa shape index (κ1) is 23.4. The summed E-state index contributed by atoms with van der Waals surface area (Å²) < 4.78 is 11.7. The smallest absolute Gasteiger partial charge is 0.248 e. The molecule has 0 spiro atoms. The topological polar surface area (TPSA) is 79.8 Å². The number of nitrogens with one attached hydrogen (secondary N) is 2. The number of benzene rings is 3. The Balaban J connectivity index is 1.59. The normalized spacial score (nSPS) is 17.3. The first-order valence-corrected chi connectivity index (χ1v) is 11.4. The Hall–Kier alpha value is -3.77. The van der Waals surface area contributed by atoms with Crippen LogP contribution in [0.2, 0.25) is 0 Å². The summed E-state index contributed by atoms with van der Waals surface area (Å²) in [5.74, 6) is 1.17. The number of rotatable bonds is 8. The summed E-state index contributed by atoms with van der Waals surface area (Å²) in [6.07, 6.45) is 4.08. The van der Waals surface area contributed by atoms with Gasteiger partial charge in [-0.1, -0.05) is 42.5 Å². The van der Waals surface area contributed by atoms with Crippen molar-refractivity contribution in [1.82, 2.24) is 5.32 Å². The number of phenolic OH excluding ortho intramolecular Hbond substituents is 1. The molecule has 0 bridgehead atoms. The number of anilines is 1. The molecule has 1 amide bonds. The predicted molar refractivity (Wildman–Crippen MR) is 134 cm³/mol. The average molecular weight is 459 g/mol. The van der Waals surface area contributed by atoms with Crippen LogP contribution in [0.4, 0.5) is 5.69 Å². The number of phenols is 1. The van der Waals surface area contributed by atoms with E-state index in [1.54, 1.807) is 24.3 Å². The van der Waals surface area contributed by atoms with Crippen molar-refractivity contribution >= 4 is 17.7 Å². The number of ether oxygens (including phenoxy) is 2. The summed E-state index contributed by atoms with van der Waals surface area (Å²) >= 11 is 0. The third kappa shape index (κ3) is 5.24. The van der Waals surface area contributed by atoms with Gasteiger partial charge in [-0.15, -0.1) is 0 Å². The number of hydrogen-bond donors (Lipinski definition) is 3. The van der Waals surface area contributed by atoms with Crippen LogP contribution in [-0.2, 0) is 10.4 Å². The minimum absolute atomic E-state index is 0.0226. The highest BCUT2D eigenvalue weighted by molar-refractivity contribution is 6.02. The molecule has 1 saturated heterocycles. The van der Waals surface area contributed by atoms with Crippen LogP contribution in [0.3, 0.4) is 0 Å². The zero-order chi connectivity index (χ0) is 24.0. The highest BCUT2D eigenvalue weighted by Gasteiger charge is 2.41. The van der Waals surface area contributed by atoms with Crippen molar-refractivity contribution in [3.8, 4) is 17.2 Å². The molecule has 3 aromatic carbocycles. The van der Waals surface area contributed by atoms with Crippen molar-refractivity contribution in [3.05, 3.63) is 90.0 Å². The van der Waals surface area contributed by atoms with Crippen molar-refractivity contribution in [1.29, 1.82) is 0 Å². The van der Waals surface area contributed by atoms with Crippen molar-refractivity contribution < 1.29 is 19.4 Å². The van der Waals surface area contributed by atoms with Crippen LogP contribution in [0, 0.1) is 5.92 Å². The van der Waals surface area contributed by atoms with Crippen molar-refractivity contribution in [2.24, 2.45) is 5.92 Å². The van der Waals surface area contributed by atoms with Crippen LogP contribution in [0.25, 0.3) is 6.08 Å². The second kappa shape index (κ2) is 10.4. The van der Waals surface area contributed by atoms with E-state index in [4.69, 9.17) is 9.47 Å². The van der Waals surface area contributed by atoms with Crippen LogP contribution >= 0.6 is 0 Å². The number of carbonyl (C=O) groups excluding carboxylic acids is 1. The van der Waals surface area contributed by atoms with E-state index >= 15 is 0 Å². The summed E-state index contributed by atoms with van der Waals surface area (Å²) in [5.41, 5.74) is 1.69. The quantitative estimate of drug-likeness (QED) is 0.416. The highest BCUT2D eigenvalue weighted by atomic mass is 16.5. The van der Waals surface area contributed by atoms with Gasteiger partial charge >= 0.3 is 0 Å². The van der Waals surface area contributed by atoms with Gasteiger partial charge in [-0.05, 0) is 61.9 Å². The zero-order valence-electron chi connectivity index (χ0n) is 19.5. The molecule has 6 heteroatoms. The van der Waals surface area contributed by atoms with Gasteiger partial charge in [0.05, 0.1) is 7.11 Å². The SMILES string of the molecule is COc1ccc(/C=C/C(=O)Nc2ccccc2C(C)(Oc2ccccc2)C2CCNC2)cc1O. The van der Waals surface area contributed by atoms with Crippen molar-refractivity contribution in [2.75, 3.05) is 25.5 Å². The number of methoxy groups -OCH3 is 1. The fourth-order valence-corrected chi connectivity index (χ4v) is 4.40. The summed E-state index contributed by atoms with van der Waals surface area (Å²) in [6.45, 7) is 3.87. The third-order valence-electron chi connectivity index (χ3n) is 6.26.